The molecule has 1 aromatic carbocycles. The van der Waals surface area contributed by atoms with Crippen molar-refractivity contribution in [3.63, 3.8) is 0 Å². The molecule has 1 aliphatic heterocycles. The number of methoxy groups -OCH3 is 2. The van der Waals surface area contributed by atoms with Gasteiger partial charge in [-0.05, 0) is 29.8 Å². The van der Waals surface area contributed by atoms with Crippen LogP contribution in [0.25, 0.3) is 0 Å². The minimum atomic E-state index is -1.74. The van der Waals surface area contributed by atoms with Gasteiger partial charge in [-0.15, -0.1) is 0 Å². The van der Waals surface area contributed by atoms with E-state index in [1.165, 1.54) is 7.11 Å². The van der Waals surface area contributed by atoms with Gasteiger partial charge in [-0.2, -0.15) is 15.8 Å². The molecule has 7 heteroatoms. The van der Waals surface area contributed by atoms with Crippen LogP contribution in [-0.2, 0) is 0 Å². The van der Waals surface area contributed by atoms with E-state index in [1.54, 1.807) is 25.3 Å². The van der Waals surface area contributed by atoms with Crippen LogP contribution in [0, 0.1) is 56.7 Å². The van der Waals surface area contributed by atoms with Gasteiger partial charge in [0.1, 0.15) is 17.4 Å². The Labute approximate surface area is 157 Å². The molecule has 0 spiro atoms. The highest BCUT2D eigenvalue weighted by Crippen LogP contribution is 2.54. The third-order valence-electron chi connectivity index (χ3n) is 5.54. The fourth-order valence-electron chi connectivity index (χ4n) is 4.26. The Morgan fingerprint density at radius 1 is 1.19 bits per heavy atom. The molecular weight excluding hydrogens is 342 g/mol. The Morgan fingerprint density at radius 3 is 2.52 bits per heavy atom. The van der Waals surface area contributed by atoms with Crippen LogP contribution in [0.15, 0.2) is 29.8 Å². The number of nitrogens with one attached hydrogen (secondary N) is 1. The third kappa shape index (κ3) is 2.63. The lowest BCUT2D eigenvalue weighted by molar-refractivity contribution is -0.654. The zero-order valence-corrected chi connectivity index (χ0v) is 15.2. The maximum Gasteiger partial charge on any atom is 0.190 e. The molecule has 0 amide bonds. The molecule has 2 aliphatic rings. The Hall–Kier alpha value is -3.34. The van der Waals surface area contributed by atoms with E-state index < -0.39 is 17.3 Å². The first-order chi connectivity index (χ1) is 13.1. The highest BCUT2D eigenvalue weighted by molar-refractivity contribution is 6.01. The zero-order chi connectivity index (χ0) is 19.6. The van der Waals surface area contributed by atoms with Crippen molar-refractivity contribution in [2.45, 2.75) is 5.92 Å². The van der Waals surface area contributed by atoms with Crippen molar-refractivity contribution in [2.24, 2.45) is 17.3 Å². The van der Waals surface area contributed by atoms with E-state index in [1.807, 2.05) is 6.08 Å². The molecule has 0 radical (unpaired) electrons. The molecule has 7 nitrogen and oxygen atoms in total. The van der Waals surface area contributed by atoms with Gasteiger partial charge in [0, 0.05) is 17.4 Å². The van der Waals surface area contributed by atoms with Crippen LogP contribution in [0.3, 0.4) is 0 Å². The summed E-state index contributed by atoms with van der Waals surface area (Å²) >= 11 is 0. The van der Waals surface area contributed by atoms with Gasteiger partial charge in [-0.1, -0.05) is 0 Å². The second-order valence-corrected chi connectivity index (χ2v) is 6.66. The molecule has 1 aliphatic carbocycles. The van der Waals surface area contributed by atoms with E-state index >= 15 is 0 Å². The molecule has 136 valence electrons. The van der Waals surface area contributed by atoms with E-state index in [2.05, 4.69) is 23.5 Å². The van der Waals surface area contributed by atoms with E-state index in [0.717, 1.165) is 5.57 Å². The van der Waals surface area contributed by atoms with Crippen LogP contribution in [-0.4, -0.2) is 33.0 Å². The number of quaternary nitrogens is 1. The summed E-state index contributed by atoms with van der Waals surface area (Å²) in [5.41, 5.74) is -0.435. The summed E-state index contributed by atoms with van der Waals surface area (Å²) in [6, 6.07) is 11.5. The lowest BCUT2D eigenvalue weighted by atomic mass is 9.54. The molecule has 0 unspecified atom stereocenters. The van der Waals surface area contributed by atoms with E-state index in [0.29, 0.717) is 30.2 Å². The largest absolute Gasteiger partial charge is 0.497 e. The summed E-state index contributed by atoms with van der Waals surface area (Å²) in [4.78, 5) is 0. The van der Waals surface area contributed by atoms with Gasteiger partial charge in [0.05, 0.1) is 51.2 Å². The molecule has 3 N–H and O–H groups in total. The topological polar surface area (TPSA) is 130 Å². The number of nitrogens with two attached hydrogens (primary N) is 1. The predicted octanol–water partition coefficient (Wildman–Crippen LogP) is 1.11. The quantitative estimate of drug-likeness (QED) is 0.778. The highest BCUT2D eigenvalue weighted by Gasteiger charge is 2.58. The van der Waals surface area contributed by atoms with Gasteiger partial charge in [0.2, 0.25) is 0 Å². The Morgan fingerprint density at radius 2 is 1.93 bits per heavy atom. The molecule has 1 saturated carbocycles. The maximum atomic E-state index is 10.0. The summed E-state index contributed by atoms with van der Waals surface area (Å²) in [6.45, 7) is 1.35. The molecule has 3 atom stereocenters. The van der Waals surface area contributed by atoms with Crippen LogP contribution in [0.5, 0.6) is 11.5 Å². The zero-order valence-electron chi connectivity index (χ0n) is 15.2. The van der Waals surface area contributed by atoms with Crippen molar-refractivity contribution < 1.29 is 14.8 Å². The molecule has 3 rings (SSSR count). The van der Waals surface area contributed by atoms with Gasteiger partial charge in [-0.25, -0.2) is 0 Å². The summed E-state index contributed by atoms with van der Waals surface area (Å²) in [5, 5.41) is 40.4. The van der Waals surface area contributed by atoms with E-state index in [-0.39, 0.29) is 11.6 Å². The molecule has 27 heavy (non-hydrogen) atoms. The van der Waals surface area contributed by atoms with Gasteiger partial charge in [0.15, 0.2) is 5.41 Å². The second kappa shape index (κ2) is 7.11. The predicted molar refractivity (Wildman–Crippen MR) is 96.0 cm³/mol. The van der Waals surface area contributed by atoms with Crippen molar-refractivity contribution in [1.29, 1.82) is 21.2 Å². The number of rotatable bonds is 3. The lowest BCUT2D eigenvalue weighted by Crippen LogP contribution is -2.87. The lowest BCUT2D eigenvalue weighted by Gasteiger charge is -2.44. The molecule has 1 heterocycles. The van der Waals surface area contributed by atoms with Gasteiger partial charge in [-0.3, -0.25) is 0 Å². The Balaban J connectivity index is 2.32. The summed E-state index contributed by atoms with van der Waals surface area (Å²) in [7, 11) is 3.07. The molecule has 0 saturated heterocycles. The molecule has 1 aromatic rings. The SMILES string of the molecule is COc1ccc(OC)c([C@H]2[C@@H]3C[NH2+]CC=C3[C@H](C#N)C(=N)C2(C#N)C#N)c1. The highest BCUT2D eigenvalue weighted by atomic mass is 16.5. The van der Waals surface area contributed by atoms with Crippen molar-refractivity contribution in [3.05, 3.63) is 35.4 Å². The van der Waals surface area contributed by atoms with Crippen molar-refractivity contribution in [1.82, 2.24) is 0 Å². The minimum Gasteiger partial charge on any atom is -0.497 e. The average molecular weight is 362 g/mol. The molecule has 1 fully saturated rings. The van der Waals surface area contributed by atoms with E-state index in [9.17, 15) is 15.8 Å². The van der Waals surface area contributed by atoms with Crippen LogP contribution < -0.4 is 14.8 Å². The number of fused-ring (bicyclic) bond motifs is 1. The number of ether oxygens (including phenoxy) is 2. The summed E-state index contributed by atoms with van der Waals surface area (Å²) < 4.78 is 10.8. The summed E-state index contributed by atoms with van der Waals surface area (Å²) in [6.07, 6.45) is 1.95. The van der Waals surface area contributed by atoms with Crippen LogP contribution >= 0.6 is 0 Å². The van der Waals surface area contributed by atoms with Gasteiger partial charge < -0.3 is 20.2 Å². The Bertz CT molecular complexity index is 917. The standard InChI is InChI=1S/C20H19N5O2/c1-26-12-3-4-17(27-2)14(7-12)18-16-9-25-6-5-13(16)15(8-21)19(24)20(18,10-22)11-23/h3-5,7,15-16,18,24-25H,6,9H2,1-2H3/p+1/t15-,16+,18-/m0/s1. The van der Waals surface area contributed by atoms with Crippen LogP contribution in [0.2, 0.25) is 0 Å². The fraction of sp³-hybridized carbons (Fsp3) is 0.400. The average Bonchev–Trinajstić information content (AvgIpc) is 2.72. The van der Waals surface area contributed by atoms with Crippen LogP contribution in [0.1, 0.15) is 11.5 Å². The van der Waals surface area contributed by atoms with Gasteiger partial charge in [0.25, 0.3) is 0 Å². The number of nitriles is 3. The van der Waals surface area contributed by atoms with Crippen LogP contribution in [0.4, 0.5) is 0 Å². The maximum absolute atomic E-state index is 10.0. The first-order valence-corrected chi connectivity index (χ1v) is 8.62. The van der Waals surface area contributed by atoms with Crippen molar-refractivity contribution in [2.75, 3.05) is 27.3 Å². The minimum absolute atomic E-state index is 0.158. The number of benzene rings is 1. The number of hydrogen-bond acceptors (Lipinski definition) is 6. The normalized spacial score (nSPS) is 25.8. The molecule has 0 bridgehead atoms. The van der Waals surface area contributed by atoms with Crippen molar-refractivity contribution in [3.8, 4) is 29.7 Å². The molecule has 0 aromatic heterocycles. The first-order valence-electron chi connectivity index (χ1n) is 8.62. The smallest absolute Gasteiger partial charge is 0.190 e. The number of hydrogen-bond donors (Lipinski definition) is 2. The van der Waals surface area contributed by atoms with Gasteiger partial charge >= 0.3 is 0 Å². The second-order valence-electron chi connectivity index (χ2n) is 6.66. The first kappa shape index (κ1) is 18.5. The summed E-state index contributed by atoms with van der Waals surface area (Å²) in [5.74, 6) is -0.593. The monoisotopic (exact) mass is 362 g/mol. The number of nitrogens with zero attached hydrogens (tertiary/aromatic N) is 3. The third-order valence-corrected chi connectivity index (χ3v) is 5.54. The van der Waals surface area contributed by atoms with Crippen molar-refractivity contribution >= 4 is 5.71 Å². The molecular formula is C20H20N5O2+. The van der Waals surface area contributed by atoms with E-state index in [4.69, 9.17) is 14.9 Å². The fourth-order valence-corrected chi connectivity index (χ4v) is 4.26. The Kier molecular flexibility index (Phi) is 4.86.